The molecular formula is C21H21ClN2O2. The van der Waals surface area contributed by atoms with Crippen LogP contribution in [-0.2, 0) is 0 Å². The van der Waals surface area contributed by atoms with Gasteiger partial charge in [0.15, 0.2) is 0 Å². The lowest BCUT2D eigenvalue weighted by molar-refractivity contribution is 0.0710. The number of fused-ring (bicyclic) bond motifs is 1. The summed E-state index contributed by atoms with van der Waals surface area (Å²) in [5, 5.41) is 1.83. The maximum absolute atomic E-state index is 12.9. The first kappa shape index (κ1) is 17.0. The number of benzene rings is 2. The Morgan fingerprint density at radius 3 is 2.73 bits per heavy atom. The molecule has 0 aliphatic carbocycles. The van der Waals surface area contributed by atoms with Crippen molar-refractivity contribution in [3.05, 3.63) is 64.8 Å². The Labute approximate surface area is 157 Å². The van der Waals surface area contributed by atoms with Crippen LogP contribution in [0.5, 0.6) is 5.75 Å². The number of para-hydroxylation sites is 1. The number of hydrogen-bond donors (Lipinski definition) is 1. The molecule has 134 valence electrons. The van der Waals surface area contributed by atoms with Gasteiger partial charge in [0.1, 0.15) is 5.75 Å². The maximum Gasteiger partial charge on any atom is 0.257 e. The Morgan fingerprint density at radius 2 is 1.96 bits per heavy atom. The van der Waals surface area contributed by atoms with Gasteiger partial charge in [-0.25, -0.2) is 0 Å². The predicted molar refractivity (Wildman–Crippen MR) is 104 cm³/mol. The van der Waals surface area contributed by atoms with E-state index in [1.54, 1.807) is 25.3 Å². The van der Waals surface area contributed by atoms with E-state index in [9.17, 15) is 4.79 Å². The first-order chi connectivity index (χ1) is 12.7. The Balaban J connectivity index is 1.50. The van der Waals surface area contributed by atoms with Gasteiger partial charge in [0.25, 0.3) is 5.91 Å². The van der Waals surface area contributed by atoms with Crippen LogP contribution in [0.4, 0.5) is 0 Å². The number of nitrogens with zero attached hydrogens (tertiary/aromatic N) is 1. The number of ether oxygens (including phenoxy) is 1. The Kier molecular flexibility index (Phi) is 4.60. The summed E-state index contributed by atoms with van der Waals surface area (Å²) in [4.78, 5) is 18.2. The summed E-state index contributed by atoms with van der Waals surface area (Å²) in [6.07, 6.45) is 4.03. The molecule has 2 heterocycles. The van der Waals surface area contributed by atoms with Gasteiger partial charge in [0, 0.05) is 35.2 Å². The topological polar surface area (TPSA) is 45.3 Å². The van der Waals surface area contributed by atoms with Crippen molar-refractivity contribution in [1.29, 1.82) is 0 Å². The van der Waals surface area contributed by atoms with Gasteiger partial charge in [-0.05, 0) is 48.6 Å². The lowest BCUT2D eigenvalue weighted by Crippen LogP contribution is -2.38. The van der Waals surface area contributed by atoms with Gasteiger partial charge in [0.2, 0.25) is 0 Å². The van der Waals surface area contributed by atoms with E-state index in [4.69, 9.17) is 16.3 Å². The molecule has 0 atom stereocenters. The van der Waals surface area contributed by atoms with Crippen molar-refractivity contribution in [2.45, 2.75) is 18.8 Å². The van der Waals surface area contributed by atoms with Crippen LogP contribution in [0.2, 0.25) is 5.02 Å². The zero-order valence-electron chi connectivity index (χ0n) is 14.7. The molecule has 1 aliphatic rings. The summed E-state index contributed by atoms with van der Waals surface area (Å²) < 4.78 is 5.33. The highest BCUT2D eigenvalue weighted by Gasteiger charge is 2.27. The molecule has 4 rings (SSSR count). The van der Waals surface area contributed by atoms with E-state index in [0.717, 1.165) is 25.9 Å². The second kappa shape index (κ2) is 7.04. The third-order valence-electron chi connectivity index (χ3n) is 5.24. The number of H-pyrrole nitrogens is 1. The number of nitrogens with one attached hydrogen (secondary N) is 1. The van der Waals surface area contributed by atoms with E-state index >= 15 is 0 Å². The van der Waals surface area contributed by atoms with Gasteiger partial charge in [0.05, 0.1) is 12.7 Å². The van der Waals surface area contributed by atoms with E-state index in [-0.39, 0.29) is 5.91 Å². The second-order valence-corrected chi connectivity index (χ2v) is 7.14. The fraction of sp³-hybridized carbons (Fsp3) is 0.286. The van der Waals surface area contributed by atoms with Gasteiger partial charge >= 0.3 is 0 Å². The highest BCUT2D eigenvalue weighted by Crippen LogP contribution is 2.34. The van der Waals surface area contributed by atoms with Crippen LogP contribution in [0.1, 0.15) is 34.7 Å². The van der Waals surface area contributed by atoms with Gasteiger partial charge in [-0.3, -0.25) is 4.79 Å². The van der Waals surface area contributed by atoms with Gasteiger partial charge in [-0.15, -0.1) is 0 Å². The minimum atomic E-state index is -0.0123. The molecule has 4 nitrogen and oxygen atoms in total. The third-order valence-corrected chi connectivity index (χ3v) is 5.47. The zero-order chi connectivity index (χ0) is 18.1. The van der Waals surface area contributed by atoms with Gasteiger partial charge in [-0.2, -0.15) is 0 Å². The molecule has 1 fully saturated rings. The van der Waals surface area contributed by atoms with Crippen molar-refractivity contribution in [3.63, 3.8) is 0 Å². The molecule has 1 amide bonds. The average Bonchev–Trinajstić information content (AvgIpc) is 3.11. The fourth-order valence-corrected chi connectivity index (χ4v) is 4.02. The number of likely N-dealkylation sites (tertiary alicyclic amines) is 1. The standard InChI is InChI=1S/C21H21ClN2O2/c1-26-20-7-6-15(22)12-17(20)21(25)24-10-8-14(9-11-24)18-13-23-19-5-3-2-4-16(18)19/h2-7,12-14,23H,8-11H2,1H3. The molecule has 1 aromatic heterocycles. The van der Waals surface area contributed by atoms with Gasteiger partial charge < -0.3 is 14.6 Å². The molecule has 0 saturated carbocycles. The summed E-state index contributed by atoms with van der Waals surface area (Å²) in [6, 6.07) is 13.5. The minimum absolute atomic E-state index is 0.0123. The van der Waals surface area contributed by atoms with Crippen molar-refractivity contribution in [3.8, 4) is 5.75 Å². The van der Waals surface area contributed by atoms with E-state index in [0.29, 0.717) is 22.3 Å². The number of methoxy groups -OCH3 is 1. The summed E-state index contributed by atoms with van der Waals surface area (Å²) >= 11 is 6.07. The van der Waals surface area contributed by atoms with Crippen molar-refractivity contribution in [2.75, 3.05) is 20.2 Å². The predicted octanol–water partition coefficient (Wildman–Crippen LogP) is 4.85. The normalized spacial score (nSPS) is 15.4. The number of aromatic amines is 1. The van der Waals surface area contributed by atoms with E-state index in [1.807, 2.05) is 11.0 Å². The second-order valence-electron chi connectivity index (χ2n) is 6.70. The summed E-state index contributed by atoms with van der Waals surface area (Å²) in [7, 11) is 1.57. The smallest absolute Gasteiger partial charge is 0.257 e. The summed E-state index contributed by atoms with van der Waals surface area (Å²) in [5.74, 6) is 1.02. The molecule has 0 bridgehead atoms. The number of amides is 1. The molecule has 2 aromatic carbocycles. The summed E-state index contributed by atoms with van der Waals surface area (Å²) in [6.45, 7) is 1.47. The first-order valence-electron chi connectivity index (χ1n) is 8.86. The molecule has 1 aliphatic heterocycles. The number of hydrogen-bond acceptors (Lipinski definition) is 2. The number of rotatable bonds is 3. The summed E-state index contributed by atoms with van der Waals surface area (Å²) in [5.41, 5.74) is 3.06. The van der Waals surface area contributed by atoms with Crippen LogP contribution in [0.25, 0.3) is 10.9 Å². The number of halogens is 1. The molecule has 1 saturated heterocycles. The zero-order valence-corrected chi connectivity index (χ0v) is 15.4. The van der Waals surface area contributed by atoms with Crippen LogP contribution >= 0.6 is 11.6 Å². The highest BCUT2D eigenvalue weighted by atomic mass is 35.5. The van der Waals surface area contributed by atoms with Gasteiger partial charge in [-0.1, -0.05) is 29.8 Å². The van der Waals surface area contributed by atoms with Crippen LogP contribution in [0.15, 0.2) is 48.7 Å². The van der Waals surface area contributed by atoms with Crippen LogP contribution in [-0.4, -0.2) is 36.0 Å². The van der Waals surface area contributed by atoms with Crippen molar-refractivity contribution >= 4 is 28.4 Å². The Morgan fingerprint density at radius 1 is 1.19 bits per heavy atom. The van der Waals surface area contributed by atoms with E-state index in [2.05, 4.69) is 29.4 Å². The van der Waals surface area contributed by atoms with Crippen molar-refractivity contribution in [2.24, 2.45) is 0 Å². The molecule has 0 radical (unpaired) electrons. The van der Waals surface area contributed by atoms with Crippen molar-refractivity contribution in [1.82, 2.24) is 9.88 Å². The number of aromatic nitrogens is 1. The molecule has 3 aromatic rings. The molecular weight excluding hydrogens is 348 g/mol. The molecule has 1 N–H and O–H groups in total. The number of carbonyl (C=O) groups is 1. The Hall–Kier alpha value is -2.46. The third kappa shape index (κ3) is 3.06. The van der Waals surface area contributed by atoms with Crippen LogP contribution in [0, 0.1) is 0 Å². The molecule has 0 spiro atoms. The highest BCUT2D eigenvalue weighted by molar-refractivity contribution is 6.31. The molecule has 0 unspecified atom stereocenters. The average molecular weight is 369 g/mol. The van der Waals surface area contributed by atoms with Crippen LogP contribution in [0.3, 0.4) is 0 Å². The minimum Gasteiger partial charge on any atom is -0.496 e. The maximum atomic E-state index is 12.9. The fourth-order valence-electron chi connectivity index (χ4n) is 3.84. The van der Waals surface area contributed by atoms with E-state index < -0.39 is 0 Å². The van der Waals surface area contributed by atoms with E-state index in [1.165, 1.54) is 16.5 Å². The molecule has 5 heteroatoms. The first-order valence-corrected chi connectivity index (χ1v) is 9.24. The number of piperidine rings is 1. The van der Waals surface area contributed by atoms with Crippen molar-refractivity contribution < 1.29 is 9.53 Å². The Bertz CT molecular complexity index is 942. The lowest BCUT2D eigenvalue weighted by atomic mass is 9.89. The SMILES string of the molecule is COc1ccc(Cl)cc1C(=O)N1CCC(c2c[nH]c3ccccc23)CC1. The number of carbonyl (C=O) groups excluding carboxylic acids is 1. The quantitative estimate of drug-likeness (QED) is 0.718. The largest absolute Gasteiger partial charge is 0.496 e. The lowest BCUT2D eigenvalue weighted by Gasteiger charge is -2.32. The van der Waals surface area contributed by atoms with Crippen LogP contribution < -0.4 is 4.74 Å². The monoisotopic (exact) mass is 368 g/mol. The molecule has 26 heavy (non-hydrogen) atoms.